The lowest BCUT2D eigenvalue weighted by molar-refractivity contribution is -0.139. The molecule has 0 bridgehead atoms. The Morgan fingerprint density at radius 2 is 2.15 bits per heavy atom. The number of ether oxygens (including phenoxy) is 1. The molecule has 0 aliphatic heterocycles. The molecular weight excluding hydrogens is 168 g/mol. The lowest BCUT2D eigenvalue weighted by atomic mass is 10.2. The molecule has 1 aliphatic carbocycles. The molecule has 72 valence electrons. The van der Waals surface area contributed by atoms with E-state index in [1.165, 1.54) is 0 Å². The van der Waals surface area contributed by atoms with Crippen molar-refractivity contribution in [2.45, 2.75) is 39.5 Å². The first-order chi connectivity index (χ1) is 6.15. The molecule has 0 aromatic carbocycles. The van der Waals surface area contributed by atoms with Gasteiger partial charge >= 0.3 is 5.97 Å². The highest BCUT2D eigenvalue weighted by Crippen LogP contribution is 2.23. The molecule has 0 atom stereocenters. The van der Waals surface area contributed by atoms with Crippen LogP contribution in [0.1, 0.15) is 39.5 Å². The first-order valence-corrected chi connectivity index (χ1v) is 4.58. The molecule has 3 nitrogen and oxygen atoms in total. The zero-order chi connectivity index (χ0) is 9.84. The molecule has 0 amide bonds. The summed E-state index contributed by atoms with van der Waals surface area (Å²) in [5, 5.41) is 0. The number of esters is 1. The molecule has 0 heterocycles. The molecule has 0 unspecified atom stereocenters. The zero-order valence-corrected chi connectivity index (χ0v) is 8.05. The quantitative estimate of drug-likeness (QED) is 0.627. The number of hydrogen-bond donors (Lipinski definition) is 0. The van der Waals surface area contributed by atoms with Crippen LogP contribution in [-0.2, 0) is 14.3 Å². The van der Waals surface area contributed by atoms with Crippen molar-refractivity contribution in [3.63, 3.8) is 0 Å². The van der Waals surface area contributed by atoms with E-state index in [1.807, 2.05) is 6.92 Å². The van der Waals surface area contributed by atoms with Gasteiger partial charge in [-0.25, -0.2) is 0 Å². The van der Waals surface area contributed by atoms with Gasteiger partial charge in [-0.15, -0.1) is 0 Å². The average molecular weight is 182 g/mol. The van der Waals surface area contributed by atoms with Gasteiger partial charge in [-0.2, -0.15) is 0 Å². The smallest absolute Gasteiger partial charge is 0.310 e. The van der Waals surface area contributed by atoms with Crippen molar-refractivity contribution in [3.05, 3.63) is 11.3 Å². The van der Waals surface area contributed by atoms with Crippen molar-refractivity contribution >= 4 is 11.8 Å². The highest BCUT2D eigenvalue weighted by atomic mass is 16.5. The average Bonchev–Trinajstić information content (AvgIpc) is 2.37. The second kappa shape index (κ2) is 4.21. The van der Waals surface area contributed by atoms with Crippen LogP contribution < -0.4 is 0 Å². The summed E-state index contributed by atoms with van der Waals surface area (Å²) in [6.45, 7) is 3.63. The van der Waals surface area contributed by atoms with Gasteiger partial charge in [-0.1, -0.05) is 6.92 Å². The Morgan fingerprint density at radius 3 is 2.62 bits per heavy atom. The van der Waals surface area contributed by atoms with Crippen molar-refractivity contribution in [1.82, 2.24) is 0 Å². The number of allylic oxidation sites excluding steroid dienone is 2. The van der Waals surface area contributed by atoms with Gasteiger partial charge in [0.25, 0.3) is 0 Å². The summed E-state index contributed by atoms with van der Waals surface area (Å²) in [6.07, 6.45) is 2.27. The normalized spacial score (nSPS) is 16.6. The molecule has 0 fully saturated rings. The standard InChI is InChI=1S/C10H14O3/c1-3-4-10(12)13-9-6-5-8(11)7(9)2/h3-6H2,1-2H3. The van der Waals surface area contributed by atoms with Gasteiger partial charge in [-0.05, 0) is 13.3 Å². The fraction of sp³-hybridized carbons (Fsp3) is 0.600. The summed E-state index contributed by atoms with van der Waals surface area (Å²) in [6, 6.07) is 0. The first kappa shape index (κ1) is 9.96. The third kappa shape index (κ3) is 2.41. The molecule has 0 N–H and O–H groups in total. The highest BCUT2D eigenvalue weighted by molar-refractivity contribution is 5.98. The summed E-state index contributed by atoms with van der Waals surface area (Å²) in [4.78, 5) is 22.2. The summed E-state index contributed by atoms with van der Waals surface area (Å²) < 4.78 is 5.05. The van der Waals surface area contributed by atoms with E-state index in [-0.39, 0.29) is 11.8 Å². The second-order valence-corrected chi connectivity index (χ2v) is 3.20. The van der Waals surface area contributed by atoms with Crippen molar-refractivity contribution in [2.75, 3.05) is 0 Å². The second-order valence-electron chi connectivity index (χ2n) is 3.20. The van der Waals surface area contributed by atoms with Gasteiger partial charge in [0.05, 0.1) is 0 Å². The predicted octanol–water partition coefficient (Wildman–Crippen LogP) is 1.97. The lowest BCUT2D eigenvalue weighted by Crippen LogP contribution is -2.03. The van der Waals surface area contributed by atoms with Crippen LogP contribution in [0.15, 0.2) is 11.3 Å². The number of carbonyl (C=O) groups excluding carboxylic acids is 2. The molecule has 3 heteroatoms. The van der Waals surface area contributed by atoms with Gasteiger partial charge in [0, 0.05) is 24.8 Å². The van der Waals surface area contributed by atoms with Crippen LogP contribution in [0.5, 0.6) is 0 Å². The maximum atomic E-state index is 11.1. The summed E-state index contributed by atoms with van der Waals surface area (Å²) in [5.41, 5.74) is 0.615. The van der Waals surface area contributed by atoms with E-state index >= 15 is 0 Å². The van der Waals surface area contributed by atoms with Crippen LogP contribution >= 0.6 is 0 Å². The summed E-state index contributed by atoms with van der Waals surface area (Å²) in [7, 11) is 0. The van der Waals surface area contributed by atoms with Crippen LogP contribution in [0.2, 0.25) is 0 Å². The van der Waals surface area contributed by atoms with Gasteiger partial charge in [0.2, 0.25) is 0 Å². The van der Waals surface area contributed by atoms with Crippen molar-refractivity contribution in [2.24, 2.45) is 0 Å². The van der Waals surface area contributed by atoms with Gasteiger partial charge in [-0.3, -0.25) is 9.59 Å². The number of rotatable bonds is 3. The van der Waals surface area contributed by atoms with Gasteiger partial charge < -0.3 is 4.74 Å². The maximum Gasteiger partial charge on any atom is 0.310 e. The number of Topliss-reactive ketones (excluding diaryl/α,β-unsaturated/α-hetero) is 1. The van der Waals surface area contributed by atoms with E-state index in [2.05, 4.69) is 0 Å². The topological polar surface area (TPSA) is 43.4 Å². The van der Waals surface area contributed by atoms with Crippen molar-refractivity contribution < 1.29 is 14.3 Å². The Morgan fingerprint density at radius 1 is 1.46 bits per heavy atom. The van der Waals surface area contributed by atoms with Gasteiger partial charge in [0.15, 0.2) is 5.78 Å². The summed E-state index contributed by atoms with van der Waals surface area (Å²) >= 11 is 0. The van der Waals surface area contributed by atoms with Crippen LogP contribution in [0.3, 0.4) is 0 Å². The fourth-order valence-electron chi connectivity index (χ4n) is 1.28. The Labute approximate surface area is 77.8 Å². The summed E-state index contributed by atoms with van der Waals surface area (Å²) in [5.74, 6) is 0.439. The van der Waals surface area contributed by atoms with Crippen molar-refractivity contribution in [3.8, 4) is 0 Å². The fourth-order valence-corrected chi connectivity index (χ4v) is 1.28. The Bertz CT molecular complexity index is 263. The van der Waals surface area contributed by atoms with E-state index in [0.29, 0.717) is 30.6 Å². The molecule has 0 spiro atoms. The minimum absolute atomic E-state index is 0.0966. The van der Waals surface area contributed by atoms with Crippen LogP contribution in [0, 0.1) is 0 Å². The van der Waals surface area contributed by atoms with Gasteiger partial charge in [0.1, 0.15) is 5.76 Å². The molecule has 0 radical (unpaired) electrons. The molecule has 0 aromatic heterocycles. The molecule has 0 saturated heterocycles. The maximum absolute atomic E-state index is 11.1. The van der Waals surface area contributed by atoms with Crippen LogP contribution in [0.25, 0.3) is 0 Å². The minimum atomic E-state index is -0.230. The molecule has 1 aliphatic rings. The Balaban J connectivity index is 2.54. The van der Waals surface area contributed by atoms with E-state index in [1.54, 1.807) is 6.92 Å². The van der Waals surface area contributed by atoms with E-state index in [0.717, 1.165) is 6.42 Å². The minimum Gasteiger partial charge on any atom is -0.431 e. The van der Waals surface area contributed by atoms with Crippen molar-refractivity contribution in [1.29, 1.82) is 0 Å². The monoisotopic (exact) mass is 182 g/mol. The van der Waals surface area contributed by atoms with Crippen LogP contribution in [0.4, 0.5) is 0 Å². The number of carbonyl (C=O) groups is 2. The molecule has 0 aromatic rings. The molecule has 0 saturated carbocycles. The Kier molecular flexibility index (Phi) is 3.23. The molecule has 13 heavy (non-hydrogen) atoms. The first-order valence-electron chi connectivity index (χ1n) is 4.58. The SMILES string of the molecule is CCCC(=O)OC1=C(C)C(=O)CC1. The van der Waals surface area contributed by atoms with E-state index < -0.39 is 0 Å². The lowest BCUT2D eigenvalue weighted by Gasteiger charge is -2.03. The number of ketones is 1. The molecule has 1 rings (SSSR count). The Hall–Kier alpha value is -1.12. The zero-order valence-electron chi connectivity index (χ0n) is 8.05. The highest BCUT2D eigenvalue weighted by Gasteiger charge is 2.22. The largest absolute Gasteiger partial charge is 0.431 e. The number of hydrogen-bond acceptors (Lipinski definition) is 3. The van der Waals surface area contributed by atoms with E-state index in [9.17, 15) is 9.59 Å². The van der Waals surface area contributed by atoms with E-state index in [4.69, 9.17) is 4.74 Å². The third-order valence-corrected chi connectivity index (χ3v) is 2.11. The predicted molar refractivity (Wildman–Crippen MR) is 47.9 cm³/mol. The van der Waals surface area contributed by atoms with Crippen LogP contribution in [-0.4, -0.2) is 11.8 Å². The third-order valence-electron chi connectivity index (χ3n) is 2.11. The molecular formula is C10H14O3.